The molecule has 0 unspecified atom stereocenters. The van der Waals surface area contributed by atoms with E-state index in [4.69, 9.17) is 32.2 Å². The summed E-state index contributed by atoms with van der Waals surface area (Å²) in [4.78, 5) is 63.6. The Morgan fingerprint density at radius 3 is 2.29 bits per heavy atom. The zero-order valence-corrected chi connectivity index (χ0v) is 28.0. The lowest BCUT2D eigenvalue weighted by molar-refractivity contribution is -0.140. The van der Waals surface area contributed by atoms with E-state index in [1.165, 1.54) is 12.1 Å². The molecule has 1 aliphatic rings. The Bertz CT molecular complexity index is 1910. The first-order valence-electron chi connectivity index (χ1n) is 14.9. The summed E-state index contributed by atoms with van der Waals surface area (Å²) >= 11 is 0. The molecule has 2 amide bonds. The molecule has 22 nitrogen and oxygen atoms in total. The van der Waals surface area contributed by atoms with Crippen LogP contribution in [0.1, 0.15) is 51.2 Å². The first-order chi connectivity index (χ1) is 24.1. The van der Waals surface area contributed by atoms with Gasteiger partial charge in [-0.05, 0) is 30.7 Å². The van der Waals surface area contributed by atoms with E-state index in [0.717, 1.165) is 5.69 Å². The maximum Gasteiger partial charge on any atom is 0.326 e. The predicted molar refractivity (Wildman–Crippen MR) is 181 cm³/mol. The van der Waals surface area contributed by atoms with Crippen molar-refractivity contribution in [3.05, 3.63) is 53.1 Å². The number of primary amides is 1. The highest BCUT2D eigenvalue weighted by atomic mass is 35.5. The minimum atomic E-state index is -1.37. The molecule has 1 saturated heterocycles. The highest BCUT2D eigenvalue weighted by Crippen LogP contribution is 2.37. The molecule has 1 aliphatic heterocycles. The minimum Gasteiger partial charge on any atom is -0.504 e. The lowest BCUT2D eigenvalue weighted by Crippen LogP contribution is -2.41. The standard InChI is InChI=1S/C20H22N8O5.C9H13N3O6.ClH/c1-28(9-11-8-23-17-15(24-11)16(21)26-20(22)27-17)12-4-2-10(3-5-12)18(31)25-13(19(32)33)6-7-14(29)30;10-9(17)4-6(15)3(11-12-4)8-7(16)5(14)2(1-13)18-8;/h2-5,8,13H,6-7,9H2,1H3,(H,25,31)(H,29,30)(H,32,33)(H4,21,22,23,26,27);2,5,7-8,13-16H,1H2,(H2,10,17)(H,11,12);1H/t13-;2-,5-,7-,8+;/m01./s1. The Balaban J connectivity index is 0.000000324. The number of benzene rings is 1. The molecule has 0 saturated carbocycles. The monoisotopic (exact) mass is 749 g/mol. The number of nitrogens with one attached hydrogen (secondary N) is 2. The number of carboxylic acid groups (broad SMARTS) is 2. The molecule has 1 fully saturated rings. The number of carbonyl (C=O) groups excluding carboxylic acids is 2. The first-order valence-corrected chi connectivity index (χ1v) is 14.9. The van der Waals surface area contributed by atoms with E-state index in [9.17, 15) is 39.6 Å². The summed E-state index contributed by atoms with van der Waals surface area (Å²) in [7, 11) is 1.82. The molecule has 3 aromatic heterocycles. The number of carboxylic acids is 2. The molecule has 5 rings (SSSR count). The quantitative estimate of drug-likeness (QED) is 0.0750. The van der Waals surface area contributed by atoms with Crippen molar-refractivity contribution in [1.82, 2.24) is 35.5 Å². The number of ether oxygens (including phenoxy) is 1. The third-order valence-electron chi connectivity index (χ3n) is 7.55. The molecule has 0 spiro atoms. The number of H-pyrrole nitrogens is 1. The van der Waals surface area contributed by atoms with Gasteiger partial charge in [-0.3, -0.25) is 19.5 Å². The molecule has 4 aromatic rings. The van der Waals surface area contributed by atoms with E-state index in [1.54, 1.807) is 18.3 Å². The zero-order chi connectivity index (χ0) is 37.6. The summed E-state index contributed by atoms with van der Waals surface area (Å²) in [6.45, 7) is -0.124. The van der Waals surface area contributed by atoms with Crippen LogP contribution in [-0.4, -0.2) is 123 Å². The van der Waals surface area contributed by atoms with E-state index in [0.29, 0.717) is 23.4 Å². The number of nitrogens with zero attached hydrogens (tertiary/aromatic N) is 6. The molecule has 23 heteroatoms. The second-order valence-corrected chi connectivity index (χ2v) is 11.2. The van der Waals surface area contributed by atoms with Crippen molar-refractivity contribution in [2.45, 2.75) is 49.8 Å². The lowest BCUT2D eigenvalue weighted by Gasteiger charge is -2.19. The molecule has 280 valence electrons. The number of hydrogen-bond donors (Lipinski definition) is 11. The predicted octanol–water partition coefficient (Wildman–Crippen LogP) is -1.94. The summed E-state index contributed by atoms with van der Waals surface area (Å²) in [5.74, 6) is -4.39. The number of aliphatic carboxylic acids is 2. The van der Waals surface area contributed by atoms with Crippen LogP contribution in [0.4, 0.5) is 17.5 Å². The number of anilines is 3. The maximum atomic E-state index is 12.4. The minimum absolute atomic E-state index is 0. The van der Waals surface area contributed by atoms with E-state index in [-0.39, 0.29) is 54.0 Å². The highest BCUT2D eigenvalue weighted by Gasteiger charge is 2.45. The van der Waals surface area contributed by atoms with Gasteiger partial charge in [0.15, 0.2) is 28.4 Å². The van der Waals surface area contributed by atoms with Crippen LogP contribution in [0, 0.1) is 0 Å². The van der Waals surface area contributed by atoms with Crippen LogP contribution >= 0.6 is 12.4 Å². The van der Waals surface area contributed by atoms with Gasteiger partial charge in [0.05, 0.1) is 25.0 Å². The fourth-order valence-corrected chi connectivity index (χ4v) is 4.89. The highest BCUT2D eigenvalue weighted by molar-refractivity contribution is 5.97. The summed E-state index contributed by atoms with van der Waals surface area (Å²) in [5, 5.41) is 63.9. The Morgan fingerprint density at radius 1 is 1.06 bits per heavy atom. The van der Waals surface area contributed by atoms with Crippen LogP contribution in [0.5, 0.6) is 5.75 Å². The van der Waals surface area contributed by atoms with Gasteiger partial charge in [-0.2, -0.15) is 15.1 Å². The molecule has 14 N–H and O–H groups in total. The number of amides is 2. The van der Waals surface area contributed by atoms with Crippen LogP contribution in [0.3, 0.4) is 0 Å². The number of aliphatic hydroxyl groups excluding tert-OH is 3. The van der Waals surface area contributed by atoms with Gasteiger partial charge < -0.3 is 62.8 Å². The van der Waals surface area contributed by atoms with E-state index in [2.05, 4.69) is 35.5 Å². The maximum absolute atomic E-state index is 12.4. The lowest BCUT2D eigenvalue weighted by atomic mass is 10.1. The molecule has 1 aromatic carbocycles. The third kappa shape index (κ3) is 9.43. The van der Waals surface area contributed by atoms with Crippen molar-refractivity contribution < 1.29 is 54.6 Å². The van der Waals surface area contributed by atoms with Gasteiger partial charge >= 0.3 is 11.9 Å². The molecule has 0 bridgehead atoms. The van der Waals surface area contributed by atoms with Gasteiger partial charge in [0.2, 0.25) is 5.95 Å². The van der Waals surface area contributed by atoms with E-state index >= 15 is 0 Å². The smallest absolute Gasteiger partial charge is 0.326 e. The molecular formula is C29H36ClN11O11. The van der Waals surface area contributed by atoms with E-state index < -0.39 is 66.6 Å². The Hall–Kier alpha value is -5.94. The second kappa shape index (κ2) is 17.3. The molecular weight excluding hydrogens is 714 g/mol. The van der Waals surface area contributed by atoms with Gasteiger partial charge in [-0.1, -0.05) is 0 Å². The van der Waals surface area contributed by atoms with Crippen LogP contribution in [0.2, 0.25) is 0 Å². The second-order valence-electron chi connectivity index (χ2n) is 11.2. The van der Waals surface area contributed by atoms with Crippen molar-refractivity contribution >= 4 is 64.8 Å². The molecule has 4 heterocycles. The molecule has 5 atom stereocenters. The SMILES string of the molecule is CN(Cc1cnc2nc(N)nc(N)c2n1)c1ccc(C(=O)N[C@@H](CCC(=O)O)C(=O)O)cc1.Cl.NC(=O)c1n[nH]c([C@@H]2O[C@H](CO)[C@@H](O)[C@H]2O)c1O. The van der Waals surface area contributed by atoms with Gasteiger partial charge in [0.25, 0.3) is 11.8 Å². The van der Waals surface area contributed by atoms with Crippen LogP contribution < -0.4 is 27.4 Å². The number of aromatic hydroxyl groups is 1. The number of fused-ring (bicyclic) bond motifs is 1. The summed E-state index contributed by atoms with van der Waals surface area (Å²) in [5.41, 5.74) is 18.2. The average Bonchev–Trinajstić information content (AvgIpc) is 3.60. The van der Waals surface area contributed by atoms with Crippen molar-refractivity contribution in [3.8, 4) is 5.75 Å². The van der Waals surface area contributed by atoms with Gasteiger partial charge in [-0.25, -0.2) is 14.8 Å². The number of aromatic amines is 1. The van der Waals surface area contributed by atoms with Gasteiger partial charge in [0, 0.05) is 24.7 Å². The number of nitrogens with two attached hydrogens (primary N) is 3. The van der Waals surface area contributed by atoms with Crippen molar-refractivity contribution in [3.63, 3.8) is 0 Å². The number of aliphatic hydroxyl groups is 3. The van der Waals surface area contributed by atoms with Crippen LogP contribution in [0.15, 0.2) is 30.5 Å². The van der Waals surface area contributed by atoms with Crippen molar-refractivity contribution in [1.29, 1.82) is 0 Å². The van der Waals surface area contributed by atoms with Gasteiger partial charge in [-0.15, -0.1) is 12.4 Å². The summed E-state index contributed by atoms with van der Waals surface area (Å²) in [6.07, 6.45) is -3.82. The summed E-state index contributed by atoms with van der Waals surface area (Å²) < 4.78 is 5.16. The number of halogens is 1. The Kier molecular flexibility index (Phi) is 13.5. The normalized spacial score (nSPS) is 18.4. The Morgan fingerprint density at radius 2 is 1.73 bits per heavy atom. The average molecular weight is 750 g/mol. The largest absolute Gasteiger partial charge is 0.504 e. The topological polar surface area (TPSA) is 372 Å². The third-order valence-corrected chi connectivity index (χ3v) is 7.55. The zero-order valence-electron chi connectivity index (χ0n) is 27.2. The fraction of sp³-hybridized carbons (Fsp3) is 0.345. The number of aromatic nitrogens is 6. The van der Waals surface area contributed by atoms with Gasteiger partial charge in [0.1, 0.15) is 36.2 Å². The first kappa shape index (κ1) is 40.5. The summed E-state index contributed by atoms with van der Waals surface area (Å²) in [6, 6.07) is 5.16. The molecule has 0 aliphatic carbocycles. The number of hydrogen-bond acceptors (Lipinski definition) is 17. The fourth-order valence-electron chi connectivity index (χ4n) is 4.89. The number of rotatable bonds is 12. The molecule has 0 radical (unpaired) electrons. The number of nitrogen functional groups attached to an aromatic ring is 2. The van der Waals surface area contributed by atoms with Crippen LogP contribution in [0.25, 0.3) is 11.2 Å². The number of carbonyl (C=O) groups is 4. The van der Waals surface area contributed by atoms with Crippen LogP contribution in [-0.2, 0) is 20.9 Å². The molecule has 52 heavy (non-hydrogen) atoms. The van der Waals surface area contributed by atoms with E-state index in [1.807, 2.05) is 11.9 Å². The Labute approximate surface area is 299 Å². The van der Waals surface area contributed by atoms with Crippen molar-refractivity contribution in [2.24, 2.45) is 5.73 Å². The van der Waals surface area contributed by atoms with Crippen molar-refractivity contribution in [2.75, 3.05) is 30.0 Å².